The number of halogens is 1. The number of carbonyl (C=O) groups excluding carboxylic acids is 1. The first-order valence-electron chi connectivity index (χ1n) is 8.94. The van der Waals surface area contributed by atoms with Crippen molar-refractivity contribution in [2.45, 2.75) is 37.6 Å². The summed E-state index contributed by atoms with van der Waals surface area (Å²) in [6.07, 6.45) is 5.20. The molecule has 150 valence electrons. The summed E-state index contributed by atoms with van der Waals surface area (Å²) in [7, 11) is 0. The van der Waals surface area contributed by atoms with Gasteiger partial charge >= 0.3 is 5.97 Å². The summed E-state index contributed by atoms with van der Waals surface area (Å²) in [4.78, 5) is 27.8. The first-order valence-corrected chi connectivity index (χ1v) is 12.1. The fraction of sp³-hybridized carbons (Fsp3) is 0.500. The number of hydrogen-bond donors (Lipinski definition) is 2. The monoisotopic (exact) mass is 486 g/mol. The number of thiazole rings is 1. The summed E-state index contributed by atoms with van der Waals surface area (Å²) in [6.45, 7) is 4.38. The van der Waals surface area contributed by atoms with Crippen LogP contribution in [0.3, 0.4) is 0 Å². The quantitative estimate of drug-likeness (QED) is 0.282. The molecule has 0 unspecified atom stereocenters. The molecule has 7 nitrogen and oxygen atoms in total. The molecular weight excluding hydrogens is 466 g/mol. The zero-order valence-corrected chi connectivity index (χ0v) is 18.8. The average Bonchev–Trinajstić information content (AvgIpc) is 3.22. The number of nitrogens with zero attached hydrogens (tertiary/aromatic N) is 3. The van der Waals surface area contributed by atoms with Crippen LogP contribution in [0.4, 0.5) is 0 Å². The lowest BCUT2D eigenvalue weighted by Crippen LogP contribution is -2.63. The number of aryl methyl sites for hydroxylation is 1. The number of hydrogen-bond acceptors (Lipinski definition) is 5. The molecule has 28 heavy (non-hydrogen) atoms. The van der Waals surface area contributed by atoms with Crippen LogP contribution in [0, 0.1) is 11.8 Å². The van der Waals surface area contributed by atoms with E-state index >= 15 is 0 Å². The van der Waals surface area contributed by atoms with Gasteiger partial charge in [0.2, 0.25) is 15.8 Å². The molecule has 0 radical (unpaired) electrons. The molecule has 4 rings (SSSR count). The largest absolute Gasteiger partial charge is 0.477 e. The van der Waals surface area contributed by atoms with Crippen molar-refractivity contribution in [3.63, 3.8) is 0 Å². The first kappa shape index (κ1) is 19.9. The van der Waals surface area contributed by atoms with Gasteiger partial charge in [-0.2, -0.15) is 4.40 Å². The molecule has 0 bridgehead atoms. The van der Waals surface area contributed by atoms with E-state index in [0.717, 1.165) is 26.6 Å². The minimum Gasteiger partial charge on any atom is -0.477 e. The van der Waals surface area contributed by atoms with E-state index in [1.807, 2.05) is 30.1 Å². The minimum absolute atomic E-state index is 0.0583. The second kappa shape index (κ2) is 7.16. The third kappa shape index (κ3) is 2.68. The third-order valence-corrected chi connectivity index (χ3v) is 8.01. The van der Waals surface area contributed by atoms with Crippen LogP contribution >= 0.6 is 39.0 Å². The topological polar surface area (TPSA) is 86.1 Å². The second-order valence-corrected chi connectivity index (χ2v) is 9.75. The molecule has 2 aliphatic heterocycles. The molecule has 2 N–H and O–H groups in total. The molecule has 2 aromatic heterocycles. The van der Waals surface area contributed by atoms with Crippen LogP contribution < -0.4 is 4.57 Å². The Bertz CT molecular complexity index is 1010. The fourth-order valence-electron chi connectivity index (χ4n) is 4.41. The molecule has 4 heterocycles. The van der Waals surface area contributed by atoms with Gasteiger partial charge in [0.05, 0.1) is 22.9 Å². The van der Waals surface area contributed by atoms with Crippen LogP contribution in [0.1, 0.15) is 18.7 Å². The van der Waals surface area contributed by atoms with Crippen molar-refractivity contribution in [2.24, 2.45) is 11.8 Å². The van der Waals surface area contributed by atoms with Gasteiger partial charge in [0, 0.05) is 16.8 Å². The zero-order valence-electron chi connectivity index (χ0n) is 15.6. The summed E-state index contributed by atoms with van der Waals surface area (Å²) in [5.74, 6) is -2.10. The third-order valence-electron chi connectivity index (χ3n) is 5.56. The predicted octanol–water partition coefficient (Wildman–Crippen LogP) is 2.06. The van der Waals surface area contributed by atoms with E-state index in [9.17, 15) is 19.8 Å². The molecule has 1 amide bonds. The van der Waals surface area contributed by atoms with Gasteiger partial charge in [-0.1, -0.05) is 46.0 Å². The van der Waals surface area contributed by atoms with Crippen LogP contribution in [0.2, 0.25) is 0 Å². The van der Waals surface area contributed by atoms with Crippen molar-refractivity contribution < 1.29 is 24.4 Å². The smallest absolute Gasteiger partial charge is 0.352 e. The summed E-state index contributed by atoms with van der Waals surface area (Å²) < 4.78 is 4.19. The summed E-state index contributed by atoms with van der Waals surface area (Å²) in [5.41, 5.74) is 0.740. The number of rotatable bonds is 6. The van der Waals surface area contributed by atoms with Crippen molar-refractivity contribution in [2.75, 3.05) is 11.6 Å². The zero-order chi connectivity index (χ0) is 20.3. The highest BCUT2D eigenvalue weighted by Crippen LogP contribution is 2.51. The van der Waals surface area contributed by atoms with E-state index in [2.05, 4.69) is 20.5 Å². The van der Waals surface area contributed by atoms with E-state index in [0.29, 0.717) is 5.57 Å². The molecule has 0 saturated carbocycles. The second-order valence-electron chi connectivity index (χ2n) is 7.14. The Kier molecular flexibility index (Phi) is 5.09. The summed E-state index contributed by atoms with van der Waals surface area (Å²) >= 11 is 6.67. The number of carboxylic acid groups (broad SMARTS) is 1. The minimum atomic E-state index is -1.10. The Morgan fingerprint density at radius 2 is 2.21 bits per heavy atom. The van der Waals surface area contributed by atoms with Crippen molar-refractivity contribution in [3.05, 3.63) is 23.1 Å². The highest BCUT2D eigenvalue weighted by Gasteiger charge is 2.60. The molecule has 10 heteroatoms. The van der Waals surface area contributed by atoms with Gasteiger partial charge in [0.1, 0.15) is 18.4 Å². The number of β-lactam (4-membered cyclic amide) rings is 1. The maximum Gasteiger partial charge on any atom is 0.352 e. The number of amides is 1. The maximum absolute atomic E-state index is 12.5. The van der Waals surface area contributed by atoms with Gasteiger partial charge in [0.25, 0.3) is 6.33 Å². The molecule has 0 aromatic carbocycles. The SMILES string of the molecule is CSc1c2sc(C3=C(C(=O)O)N4C(=O)[C@H]([C@@H](C)O)[C@H]4[C@H]3C)cn2c[n+]1CCBr. The fourth-order valence-corrected chi connectivity index (χ4v) is 6.99. The van der Waals surface area contributed by atoms with E-state index in [4.69, 9.17) is 0 Å². The lowest BCUT2D eigenvalue weighted by atomic mass is 9.77. The van der Waals surface area contributed by atoms with Gasteiger partial charge in [-0.05, 0) is 13.2 Å². The highest BCUT2D eigenvalue weighted by molar-refractivity contribution is 9.09. The van der Waals surface area contributed by atoms with E-state index in [1.165, 1.54) is 4.90 Å². The van der Waals surface area contributed by atoms with Crippen LogP contribution in [0.5, 0.6) is 0 Å². The number of alkyl halides is 1. The Hall–Kier alpha value is -1.36. The number of thioether (sulfide) groups is 1. The number of imidazole rings is 1. The lowest BCUT2D eigenvalue weighted by Gasteiger charge is -2.46. The number of aliphatic hydroxyl groups is 1. The van der Waals surface area contributed by atoms with Crippen LogP contribution in [-0.4, -0.2) is 55.1 Å². The number of aliphatic hydroxyl groups excluding tert-OH is 1. The number of carbonyl (C=O) groups is 2. The van der Waals surface area contributed by atoms with E-state index in [1.54, 1.807) is 30.0 Å². The molecule has 2 aromatic rings. The number of carboxylic acids is 1. The van der Waals surface area contributed by atoms with Crippen LogP contribution in [-0.2, 0) is 16.1 Å². The number of fused-ring (bicyclic) bond motifs is 2. The predicted molar refractivity (Wildman–Crippen MR) is 111 cm³/mol. The van der Waals surface area contributed by atoms with Gasteiger partial charge in [0.15, 0.2) is 0 Å². The molecule has 2 aliphatic rings. The first-order chi connectivity index (χ1) is 13.3. The number of aromatic nitrogens is 2. The van der Waals surface area contributed by atoms with Gasteiger partial charge in [-0.15, -0.1) is 0 Å². The van der Waals surface area contributed by atoms with Crippen molar-refractivity contribution in [3.8, 4) is 0 Å². The molecular formula is C18H21BrN3O4S2+. The van der Waals surface area contributed by atoms with Crippen LogP contribution in [0.15, 0.2) is 23.2 Å². The van der Waals surface area contributed by atoms with Gasteiger partial charge in [-0.3, -0.25) is 4.79 Å². The Labute approximate surface area is 178 Å². The van der Waals surface area contributed by atoms with Crippen molar-refractivity contribution in [1.82, 2.24) is 9.30 Å². The van der Waals surface area contributed by atoms with E-state index in [-0.39, 0.29) is 23.6 Å². The Morgan fingerprint density at radius 3 is 2.79 bits per heavy atom. The molecule has 1 fully saturated rings. The van der Waals surface area contributed by atoms with Crippen LogP contribution in [0.25, 0.3) is 10.4 Å². The normalized spacial score (nSPS) is 25.4. The Morgan fingerprint density at radius 1 is 1.50 bits per heavy atom. The average molecular weight is 487 g/mol. The Balaban J connectivity index is 1.83. The van der Waals surface area contributed by atoms with Gasteiger partial charge in [-0.25, -0.2) is 9.36 Å². The van der Waals surface area contributed by atoms with Gasteiger partial charge < -0.3 is 15.1 Å². The van der Waals surface area contributed by atoms with E-state index < -0.39 is 18.0 Å². The number of aliphatic carboxylic acids is 1. The maximum atomic E-state index is 12.5. The summed E-state index contributed by atoms with van der Waals surface area (Å²) in [6, 6.07) is -0.298. The van der Waals surface area contributed by atoms with Crippen molar-refractivity contribution >= 4 is 61.3 Å². The summed E-state index contributed by atoms with van der Waals surface area (Å²) in [5, 5.41) is 21.8. The molecule has 1 saturated heterocycles. The highest BCUT2D eigenvalue weighted by atomic mass is 79.9. The molecule has 4 atom stereocenters. The standard InChI is InChI=1S/C18H20BrN3O4S2/c1-8-11(14(18(25)26)22-13(8)12(9(2)23)15(22)24)10-6-21-7-20(5-4-19)16(27-3)17(21)28-10/h6-9,12-13,23H,4-5H2,1-3H3/p+1/t8-,9+,12+,13+/m0/s1. The molecule has 0 spiro atoms. The molecule has 0 aliphatic carbocycles. The van der Waals surface area contributed by atoms with Crippen molar-refractivity contribution in [1.29, 1.82) is 0 Å². The lowest BCUT2D eigenvalue weighted by molar-refractivity contribution is -0.725.